The van der Waals surface area contributed by atoms with Crippen LogP contribution in [0.15, 0.2) is 12.3 Å². The van der Waals surface area contributed by atoms with Crippen molar-refractivity contribution in [2.24, 2.45) is 7.05 Å². The second kappa shape index (κ2) is 5.52. The van der Waals surface area contributed by atoms with Crippen molar-refractivity contribution in [1.82, 2.24) is 15.1 Å². The molecule has 1 aromatic rings. The third-order valence-corrected chi connectivity index (χ3v) is 2.57. The van der Waals surface area contributed by atoms with E-state index in [1.54, 1.807) is 19.3 Å². The maximum absolute atomic E-state index is 11.7. The van der Waals surface area contributed by atoms with Gasteiger partial charge in [0.1, 0.15) is 5.54 Å². The summed E-state index contributed by atoms with van der Waals surface area (Å²) >= 11 is 0. The molecule has 1 atom stereocenters. The van der Waals surface area contributed by atoms with Gasteiger partial charge < -0.3 is 10.4 Å². The first-order chi connectivity index (χ1) is 8.37. The first-order valence-corrected chi connectivity index (χ1v) is 5.69. The van der Waals surface area contributed by atoms with Crippen LogP contribution < -0.4 is 10.6 Å². The Morgan fingerprint density at radius 1 is 1.56 bits per heavy atom. The zero-order valence-electron chi connectivity index (χ0n) is 10.7. The van der Waals surface area contributed by atoms with Crippen molar-refractivity contribution in [1.29, 1.82) is 0 Å². The molecule has 0 bridgehead atoms. The Kier molecular flexibility index (Phi) is 4.30. The molecule has 0 aliphatic carbocycles. The van der Waals surface area contributed by atoms with Crippen LogP contribution in [0.25, 0.3) is 0 Å². The second-order valence-corrected chi connectivity index (χ2v) is 4.34. The van der Waals surface area contributed by atoms with Crippen LogP contribution in [0.3, 0.4) is 0 Å². The molecular formula is C11H18N4O3. The van der Waals surface area contributed by atoms with E-state index in [4.69, 9.17) is 5.11 Å². The molecule has 0 radical (unpaired) electrons. The zero-order valence-corrected chi connectivity index (χ0v) is 10.7. The number of urea groups is 1. The average molecular weight is 254 g/mol. The largest absolute Gasteiger partial charge is 0.480 e. The molecule has 18 heavy (non-hydrogen) atoms. The molecule has 100 valence electrons. The van der Waals surface area contributed by atoms with Crippen LogP contribution in [0.4, 0.5) is 10.6 Å². The minimum absolute atomic E-state index is 0.359. The number of hydrogen-bond donors (Lipinski definition) is 3. The van der Waals surface area contributed by atoms with E-state index in [1.165, 1.54) is 11.6 Å². The number of carbonyl (C=O) groups is 2. The highest BCUT2D eigenvalue weighted by Gasteiger charge is 2.33. The summed E-state index contributed by atoms with van der Waals surface area (Å²) < 4.78 is 1.54. The van der Waals surface area contributed by atoms with E-state index in [0.717, 1.165) is 0 Å². The summed E-state index contributed by atoms with van der Waals surface area (Å²) in [6.45, 7) is 3.34. The smallest absolute Gasteiger partial charge is 0.329 e. The van der Waals surface area contributed by atoms with Crippen molar-refractivity contribution in [3.8, 4) is 0 Å². The molecular weight excluding hydrogens is 236 g/mol. The van der Waals surface area contributed by atoms with Crippen LogP contribution in [0.1, 0.15) is 26.7 Å². The van der Waals surface area contributed by atoms with Gasteiger partial charge in [0.2, 0.25) is 0 Å². The summed E-state index contributed by atoms with van der Waals surface area (Å²) in [5, 5.41) is 18.0. The quantitative estimate of drug-likeness (QED) is 0.735. The van der Waals surface area contributed by atoms with Crippen molar-refractivity contribution in [2.75, 3.05) is 5.32 Å². The lowest BCUT2D eigenvalue weighted by molar-refractivity contribution is -0.143. The molecule has 0 saturated carbocycles. The SMILES string of the molecule is CCCC(C)(NC(=O)Nc1ccn(C)n1)C(=O)O. The van der Waals surface area contributed by atoms with Gasteiger partial charge in [0.05, 0.1) is 0 Å². The summed E-state index contributed by atoms with van der Waals surface area (Å²) in [6, 6.07) is 1.05. The third kappa shape index (κ3) is 3.47. The number of anilines is 1. The van der Waals surface area contributed by atoms with Gasteiger partial charge in [-0.25, -0.2) is 9.59 Å². The van der Waals surface area contributed by atoms with Gasteiger partial charge in [0.15, 0.2) is 5.82 Å². The Bertz CT molecular complexity index is 443. The molecule has 1 rings (SSSR count). The fourth-order valence-corrected chi connectivity index (χ4v) is 1.60. The predicted molar refractivity (Wildman–Crippen MR) is 66.3 cm³/mol. The summed E-state index contributed by atoms with van der Waals surface area (Å²) in [7, 11) is 1.72. The monoisotopic (exact) mass is 254 g/mol. The number of aromatic nitrogens is 2. The Hall–Kier alpha value is -2.05. The van der Waals surface area contributed by atoms with Crippen LogP contribution in [-0.2, 0) is 11.8 Å². The molecule has 1 unspecified atom stereocenters. The maximum Gasteiger partial charge on any atom is 0.329 e. The summed E-state index contributed by atoms with van der Waals surface area (Å²) in [6.07, 6.45) is 2.70. The number of nitrogens with one attached hydrogen (secondary N) is 2. The molecule has 7 nitrogen and oxygen atoms in total. The van der Waals surface area contributed by atoms with Gasteiger partial charge >= 0.3 is 12.0 Å². The normalized spacial score (nSPS) is 13.7. The minimum atomic E-state index is -1.27. The van der Waals surface area contributed by atoms with E-state index in [-0.39, 0.29) is 0 Å². The number of carboxylic acids is 1. The summed E-state index contributed by atoms with van der Waals surface area (Å²) in [4.78, 5) is 22.8. The number of rotatable bonds is 5. The molecule has 2 amide bonds. The summed E-state index contributed by atoms with van der Waals surface area (Å²) in [5.74, 6) is -0.681. The third-order valence-electron chi connectivity index (χ3n) is 2.57. The number of amides is 2. The Balaban J connectivity index is 2.65. The molecule has 7 heteroatoms. The van der Waals surface area contributed by atoms with Gasteiger partial charge in [0, 0.05) is 19.3 Å². The molecule has 0 aromatic carbocycles. The van der Waals surface area contributed by atoms with E-state index < -0.39 is 17.5 Å². The van der Waals surface area contributed by atoms with Gasteiger partial charge in [-0.05, 0) is 13.3 Å². The highest BCUT2D eigenvalue weighted by Crippen LogP contribution is 2.13. The number of carbonyl (C=O) groups excluding carboxylic acids is 1. The highest BCUT2D eigenvalue weighted by molar-refractivity contribution is 5.93. The zero-order chi connectivity index (χ0) is 13.8. The molecule has 3 N–H and O–H groups in total. The van der Waals surface area contributed by atoms with E-state index in [9.17, 15) is 9.59 Å². The number of aryl methyl sites for hydroxylation is 1. The molecule has 0 fully saturated rings. The van der Waals surface area contributed by atoms with Crippen molar-refractivity contribution in [3.05, 3.63) is 12.3 Å². The number of carboxylic acid groups (broad SMARTS) is 1. The van der Waals surface area contributed by atoms with Crippen molar-refractivity contribution >= 4 is 17.8 Å². The molecule has 0 aliphatic rings. The van der Waals surface area contributed by atoms with E-state index in [2.05, 4.69) is 15.7 Å². The van der Waals surface area contributed by atoms with Crippen LogP contribution in [0.5, 0.6) is 0 Å². The lowest BCUT2D eigenvalue weighted by Crippen LogP contribution is -2.53. The van der Waals surface area contributed by atoms with E-state index in [1.807, 2.05) is 6.92 Å². The van der Waals surface area contributed by atoms with Crippen LogP contribution >= 0.6 is 0 Å². The molecule has 1 heterocycles. The van der Waals surface area contributed by atoms with Gasteiger partial charge in [-0.2, -0.15) is 5.10 Å². The molecule has 0 spiro atoms. The topological polar surface area (TPSA) is 96.3 Å². The Morgan fingerprint density at radius 3 is 2.67 bits per heavy atom. The van der Waals surface area contributed by atoms with Gasteiger partial charge in [-0.3, -0.25) is 10.00 Å². The van der Waals surface area contributed by atoms with E-state index in [0.29, 0.717) is 18.7 Å². The average Bonchev–Trinajstić information content (AvgIpc) is 2.63. The molecule has 0 aliphatic heterocycles. The molecule has 1 aromatic heterocycles. The fourth-order valence-electron chi connectivity index (χ4n) is 1.60. The van der Waals surface area contributed by atoms with Gasteiger partial charge in [-0.1, -0.05) is 13.3 Å². The number of aliphatic carboxylic acids is 1. The number of hydrogen-bond acceptors (Lipinski definition) is 3. The lowest BCUT2D eigenvalue weighted by atomic mass is 9.97. The standard InChI is InChI=1S/C11H18N4O3/c1-4-6-11(2,9(16)17)13-10(18)12-8-5-7-15(3)14-8/h5,7H,4,6H2,1-3H3,(H,16,17)(H2,12,13,14,18). The van der Waals surface area contributed by atoms with Crippen LogP contribution in [-0.4, -0.2) is 32.4 Å². The lowest BCUT2D eigenvalue weighted by Gasteiger charge is -2.25. The Morgan fingerprint density at radius 2 is 2.22 bits per heavy atom. The van der Waals surface area contributed by atoms with Gasteiger partial charge in [0.25, 0.3) is 0 Å². The number of nitrogens with zero attached hydrogens (tertiary/aromatic N) is 2. The summed E-state index contributed by atoms with van der Waals surface area (Å²) in [5.41, 5.74) is -1.27. The maximum atomic E-state index is 11.7. The molecule has 0 saturated heterocycles. The second-order valence-electron chi connectivity index (χ2n) is 4.34. The van der Waals surface area contributed by atoms with Crippen molar-refractivity contribution in [3.63, 3.8) is 0 Å². The van der Waals surface area contributed by atoms with Crippen molar-refractivity contribution < 1.29 is 14.7 Å². The fraction of sp³-hybridized carbons (Fsp3) is 0.545. The van der Waals surface area contributed by atoms with Crippen LogP contribution in [0.2, 0.25) is 0 Å². The predicted octanol–water partition coefficient (Wildman–Crippen LogP) is 1.18. The first-order valence-electron chi connectivity index (χ1n) is 5.69. The van der Waals surface area contributed by atoms with Crippen molar-refractivity contribution in [2.45, 2.75) is 32.2 Å². The van der Waals surface area contributed by atoms with Gasteiger partial charge in [-0.15, -0.1) is 0 Å². The van der Waals surface area contributed by atoms with Crippen LogP contribution in [0, 0.1) is 0 Å². The first kappa shape index (κ1) is 14.0. The Labute approximate surface area is 105 Å². The minimum Gasteiger partial charge on any atom is -0.480 e. The van der Waals surface area contributed by atoms with E-state index >= 15 is 0 Å². The highest BCUT2D eigenvalue weighted by atomic mass is 16.4.